The van der Waals surface area contributed by atoms with Gasteiger partial charge in [0.05, 0.1) is 19.8 Å². The molecule has 0 saturated carbocycles. The molecule has 0 unspecified atom stereocenters. The Labute approximate surface area is 88.4 Å². The van der Waals surface area contributed by atoms with E-state index in [4.69, 9.17) is 10.8 Å². The van der Waals surface area contributed by atoms with Gasteiger partial charge in [-0.15, -0.1) is 0 Å². The largest absolute Gasteiger partial charge is 0.491 e. The van der Waals surface area contributed by atoms with Crippen molar-refractivity contribution >= 4 is 0 Å². The fourth-order valence-corrected chi connectivity index (χ4v) is 1.22. The molecule has 3 N–H and O–H groups in total. The molecule has 0 bridgehead atoms. The zero-order valence-corrected chi connectivity index (χ0v) is 8.23. The third-order valence-corrected chi connectivity index (χ3v) is 2.03. The van der Waals surface area contributed by atoms with Crippen LogP contribution in [-0.4, -0.2) is 18.8 Å². The Morgan fingerprint density at radius 1 is 1.12 bits per heavy atom. The van der Waals surface area contributed by atoms with Gasteiger partial charge in [0.25, 0.3) is 0 Å². The maximum atomic E-state index is 13.3. The van der Waals surface area contributed by atoms with E-state index in [2.05, 4.69) is 4.74 Å². The molecule has 0 saturated heterocycles. The van der Waals surface area contributed by atoms with Gasteiger partial charge in [-0.25, -0.2) is 8.78 Å². The van der Waals surface area contributed by atoms with Gasteiger partial charge in [-0.05, 0) is 0 Å². The van der Waals surface area contributed by atoms with E-state index >= 15 is 0 Å². The third kappa shape index (κ3) is 1.83. The number of aliphatic hydroxyl groups is 1. The summed E-state index contributed by atoms with van der Waals surface area (Å²) in [5, 5.41) is 8.61. The van der Waals surface area contributed by atoms with Crippen LogP contribution < -0.4 is 10.5 Å². The van der Waals surface area contributed by atoms with E-state index in [1.165, 1.54) is 0 Å². The van der Waals surface area contributed by atoms with Gasteiger partial charge < -0.3 is 15.6 Å². The van der Waals surface area contributed by atoms with Crippen molar-refractivity contribution in [3.8, 4) is 5.75 Å². The highest BCUT2D eigenvalue weighted by Gasteiger charge is 2.28. The molecule has 0 spiro atoms. The Kier molecular flexibility index (Phi) is 3.71. The number of rotatable bonds is 3. The lowest BCUT2D eigenvalue weighted by molar-refractivity contribution is 0.256. The second kappa shape index (κ2) is 4.67. The second-order valence-electron chi connectivity index (χ2n) is 2.99. The van der Waals surface area contributed by atoms with Crippen LogP contribution in [0.25, 0.3) is 0 Å². The van der Waals surface area contributed by atoms with Crippen LogP contribution in [0.5, 0.6) is 5.75 Å². The summed E-state index contributed by atoms with van der Waals surface area (Å²) >= 11 is 0. The van der Waals surface area contributed by atoms with Gasteiger partial charge in [0.15, 0.2) is 17.4 Å². The Bertz CT molecular complexity index is 382. The summed E-state index contributed by atoms with van der Waals surface area (Å²) in [6.07, 6.45) is 0. The van der Waals surface area contributed by atoms with Gasteiger partial charge in [0.2, 0.25) is 11.6 Å². The molecule has 0 amide bonds. The van der Waals surface area contributed by atoms with Crippen LogP contribution in [-0.2, 0) is 0 Å². The number of ether oxygens (including phenoxy) is 1. The van der Waals surface area contributed by atoms with Crippen molar-refractivity contribution in [3.63, 3.8) is 0 Å². The number of hydrogen-bond acceptors (Lipinski definition) is 3. The van der Waals surface area contributed by atoms with Crippen LogP contribution in [0.3, 0.4) is 0 Å². The molecule has 1 aromatic carbocycles. The minimum Gasteiger partial charge on any atom is -0.491 e. The molecule has 16 heavy (non-hydrogen) atoms. The van der Waals surface area contributed by atoms with Crippen molar-refractivity contribution in [2.75, 3.05) is 13.7 Å². The number of hydrogen-bond donors (Lipinski definition) is 2. The maximum absolute atomic E-state index is 13.3. The van der Waals surface area contributed by atoms with Gasteiger partial charge in [0, 0.05) is 5.56 Å². The Morgan fingerprint density at radius 3 is 1.88 bits per heavy atom. The topological polar surface area (TPSA) is 55.5 Å². The van der Waals surface area contributed by atoms with Crippen LogP contribution >= 0.6 is 0 Å². The summed E-state index contributed by atoms with van der Waals surface area (Å²) in [7, 11) is 0.867. The van der Waals surface area contributed by atoms with Gasteiger partial charge in [-0.1, -0.05) is 0 Å². The van der Waals surface area contributed by atoms with Crippen molar-refractivity contribution < 1.29 is 27.4 Å². The SMILES string of the molecule is COc1c(F)c(F)c([C@@H](N)CO)c(F)c1F. The van der Waals surface area contributed by atoms with E-state index in [1.807, 2.05) is 0 Å². The molecule has 1 rings (SSSR count). The molecule has 0 heterocycles. The summed E-state index contributed by atoms with van der Waals surface area (Å²) < 4.78 is 57.0. The van der Waals surface area contributed by atoms with Crippen molar-refractivity contribution in [1.29, 1.82) is 0 Å². The van der Waals surface area contributed by atoms with Crippen molar-refractivity contribution in [2.24, 2.45) is 5.73 Å². The molecule has 0 radical (unpaired) electrons. The molecule has 0 aromatic heterocycles. The standard InChI is InChI=1S/C9H9F4NO2/c1-16-9-7(12)5(10)4(3(14)2-15)6(11)8(9)13/h3,15H,2,14H2,1H3/t3-/m0/s1. The number of aliphatic hydroxyl groups excluding tert-OH is 1. The Hall–Kier alpha value is -1.34. The molecule has 7 heteroatoms. The van der Waals surface area contributed by atoms with Crippen LogP contribution in [0.2, 0.25) is 0 Å². The average Bonchev–Trinajstić information content (AvgIpc) is 2.27. The van der Waals surface area contributed by atoms with Crippen LogP contribution in [0.1, 0.15) is 11.6 Å². The predicted octanol–water partition coefficient (Wildman–Crippen LogP) is 1.24. The Morgan fingerprint density at radius 2 is 1.56 bits per heavy atom. The highest BCUT2D eigenvalue weighted by molar-refractivity contribution is 5.36. The predicted molar refractivity (Wildman–Crippen MR) is 46.8 cm³/mol. The second-order valence-corrected chi connectivity index (χ2v) is 2.99. The average molecular weight is 239 g/mol. The van der Waals surface area contributed by atoms with Gasteiger partial charge in [-0.3, -0.25) is 0 Å². The van der Waals surface area contributed by atoms with Crippen molar-refractivity contribution in [1.82, 2.24) is 0 Å². The highest BCUT2D eigenvalue weighted by atomic mass is 19.2. The zero-order chi connectivity index (χ0) is 12.5. The number of nitrogens with two attached hydrogens (primary N) is 1. The van der Waals surface area contributed by atoms with E-state index in [0.29, 0.717) is 0 Å². The van der Waals surface area contributed by atoms with E-state index in [1.54, 1.807) is 0 Å². The first-order chi connectivity index (χ1) is 7.45. The van der Waals surface area contributed by atoms with E-state index < -0.39 is 47.2 Å². The first-order valence-corrected chi connectivity index (χ1v) is 4.21. The number of halogens is 4. The molecule has 3 nitrogen and oxygen atoms in total. The first kappa shape index (κ1) is 12.7. The molecule has 0 aliphatic carbocycles. The lowest BCUT2D eigenvalue weighted by Crippen LogP contribution is -2.20. The summed E-state index contributed by atoms with van der Waals surface area (Å²) in [6.45, 7) is -0.848. The molecule has 90 valence electrons. The summed E-state index contributed by atoms with van der Waals surface area (Å²) in [4.78, 5) is 0. The first-order valence-electron chi connectivity index (χ1n) is 4.21. The summed E-state index contributed by atoms with van der Waals surface area (Å²) in [5.74, 6) is -7.86. The fraction of sp³-hybridized carbons (Fsp3) is 0.333. The molecule has 0 aliphatic rings. The van der Waals surface area contributed by atoms with E-state index in [-0.39, 0.29) is 0 Å². The molecular formula is C9H9F4NO2. The van der Waals surface area contributed by atoms with Gasteiger partial charge in [0.1, 0.15) is 0 Å². The lowest BCUT2D eigenvalue weighted by Gasteiger charge is -2.14. The fourth-order valence-electron chi connectivity index (χ4n) is 1.22. The van der Waals surface area contributed by atoms with Crippen molar-refractivity contribution in [2.45, 2.75) is 6.04 Å². The summed E-state index contributed by atoms with van der Waals surface area (Å²) in [6, 6.07) is -1.55. The Balaban J connectivity index is 3.53. The lowest BCUT2D eigenvalue weighted by atomic mass is 10.1. The third-order valence-electron chi connectivity index (χ3n) is 2.03. The zero-order valence-electron chi connectivity index (χ0n) is 8.23. The quantitative estimate of drug-likeness (QED) is 0.616. The van der Waals surface area contributed by atoms with Crippen LogP contribution in [0, 0.1) is 23.3 Å². The summed E-state index contributed by atoms with van der Waals surface area (Å²) in [5.41, 5.74) is 4.08. The number of methoxy groups -OCH3 is 1. The molecule has 0 fully saturated rings. The van der Waals surface area contributed by atoms with E-state index in [0.717, 1.165) is 7.11 Å². The van der Waals surface area contributed by atoms with Crippen LogP contribution in [0.15, 0.2) is 0 Å². The van der Waals surface area contributed by atoms with Gasteiger partial charge in [-0.2, -0.15) is 8.78 Å². The normalized spacial score (nSPS) is 12.7. The number of benzene rings is 1. The van der Waals surface area contributed by atoms with E-state index in [9.17, 15) is 17.6 Å². The minimum atomic E-state index is -1.68. The monoisotopic (exact) mass is 239 g/mol. The van der Waals surface area contributed by atoms with Gasteiger partial charge >= 0.3 is 0 Å². The molecular weight excluding hydrogens is 230 g/mol. The smallest absolute Gasteiger partial charge is 0.204 e. The highest BCUT2D eigenvalue weighted by Crippen LogP contribution is 2.31. The molecule has 1 aromatic rings. The minimum absolute atomic E-state index is 0.848. The molecule has 1 atom stereocenters. The molecule has 0 aliphatic heterocycles. The maximum Gasteiger partial charge on any atom is 0.204 e. The van der Waals surface area contributed by atoms with Crippen LogP contribution in [0.4, 0.5) is 17.6 Å². The van der Waals surface area contributed by atoms with Crippen molar-refractivity contribution in [3.05, 3.63) is 28.8 Å².